The number of benzene rings is 1. The third-order valence-corrected chi connectivity index (χ3v) is 2.73. The van der Waals surface area contributed by atoms with Gasteiger partial charge < -0.3 is 15.2 Å². The second-order valence-corrected chi connectivity index (χ2v) is 4.42. The van der Waals surface area contributed by atoms with Crippen molar-refractivity contribution >= 4 is 17.2 Å². The Balaban J connectivity index is 2.24. The van der Waals surface area contributed by atoms with Gasteiger partial charge >= 0.3 is 0 Å². The van der Waals surface area contributed by atoms with E-state index < -0.39 is 0 Å². The zero-order valence-electron chi connectivity index (χ0n) is 10.7. The minimum Gasteiger partial charge on any atom is -0.497 e. The maximum absolute atomic E-state index is 5.67. The van der Waals surface area contributed by atoms with Crippen LogP contribution < -0.4 is 15.2 Å². The van der Waals surface area contributed by atoms with E-state index in [1.165, 1.54) is 0 Å². The Kier molecular flexibility index (Phi) is 3.97. The molecule has 0 amide bonds. The van der Waals surface area contributed by atoms with Crippen LogP contribution in [0.3, 0.4) is 0 Å². The molecule has 1 aromatic heterocycles. The molecule has 0 unspecified atom stereocenters. The van der Waals surface area contributed by atoms with Gasteiger partial charge in [0.2, 0.25) is 5.88 Å². The highest BCUT2D eigenvalue weighted by Gasteiger charge is 2.05. The van der Waals surface area contributed by atoms with Gasteiger partial charge in [0, 0.05) is 17.3 Å². The molecule has 1 aromatic carbocycles. The molecule has 19 heavy (non-hydrogen) atoms. The van der Waals surface area contributed by atoms with Gasteiger partial charge in [0.15, 0.2) is 0 Å². The Bertz CT molecular complexity index is 597. The Morgan fingerprint density at radius 3 is 2.37 bits per heavy atom. The molecule has 0 atom stereocenters. The fourth-order valence-electron chi connectivity index (χ4n) is 1.60. The third-order valence-electron chi connectivity index (χ3n) is 2.50. The first kappa shape index (κ1) is 13.3. The van der Waals surface area contributed by atoms with Gasteiger partial charge in [-0.15, -0.1) is 0 Å². The fourth-order valence-corrected chi connectivity index (χ4v) is 1.72. The van der Waals surface area contributed by atoms with Gasteiger partial charge in [0.05, 0.1) is 7.11 Å². The van der Waals surface area contributed by atoms with Crippen LogP contribution in [0.2, 0.25) is 0 Å². The van der Waals surface area contributed by atoms with Gasteiger partial charge in [-0.25, -0.2) is 4.98 Å². The quantitative estimate of drug-likeness (QED) is 0.869. The van der Waals surface area contributed by atoms with Crippen molar-refractivity contribution in [1.29, 1.82) is 0 Å². The zero-order chi connectivity index (χ0) is 13.8. The summed E-state index contributed by atoms with van der Waals surface area (Å²) in [5.74, 6) is 1.91. The standard InChI is InChI=1S/C14H14N2O2S/c1-9-7-10(14(15)19)8-13(16-9)18-12-5-3-11(17-2)4-6-12/h3-8H,1-2H3,(H2,15,19). The minimum atomic E-state index is 0.324. The van der Waals surface area contributed by atoms with E-state index in [4.69, 9.17) is 27.4 Å². The predicted molar refractivity (Wildman–Crippen MR) is 77.9 cm³/mol. The van der Waals surface area contributed by atoms with Gasteiger partial charge in [-0.3, -0.25) is 0 Å². The first-order valence-corrected chi connectivity index (χ1v) is 6.09. The number of hydrogen-bond donors (Lipinski definition) is 1. The lowest BCUT2D eigenvalue weighted by molar-refractivity contribution is 0.412. The van der Waals surface area contributed by atoms with Crippen molar-refractivity contribution in [2.24, 2.45) is 5.73 Å². The summed E-state index contributed by atoms with van der Waals surface area (Å²) < 4.78 is 10.8. The van der Waals surface area contributed by atoms with Crippen LogP contribution in [0, 0.1) is 6.92 Å². The fraction of sp³-hybridized carbons (Fsp3) is 0.143. The van der Waals surface area contributed by atoms with Crippen molar-refractivity contribution in [3.8, 4) is 17.4 Å². The second kappa shape index (κ2) is 5.67. The molecule has 0 aliphatic rings. The van der Waals surface area contributed by atoms with Gasteiger partial charge in [0.25, 0.3) is 0 Å². The minimum absolute atomic E-state index is 0.324. The zero-order valence-corrected chi connectivity index (χ0v) is 11.5. The molecule has 2 aromatic rings. The van der Waals surface area contributed by atoms with E-state index in [0.29, 0.717) is 16.6 Å². The van der Waals surface area contributed by atoms with Crippen LogP contribution in [0.4, 0.5) is 0 Å². The number of aryl methyl sites for hydroxylation is 1. The predicted octanol–water partition coefficient (Wildman–Crippen LogP) is 2.83. The Morgan fingerprint density at radius 2 is 1.79 bits per heavy atom. The molecule has 0 spiro atoms. The third kappa shape index (κ3) is 3.42. The molecule has 0 saturated carbocycles. The molecule has 0 aliphatic carbocycles. The summed E-state index contributed by atoms with van der Waals surface area (Å²) in [6.07, 6.45) is 0. The average Bonchev–Trinajstić information content (AvgIpc) is 2.39. The van der Waals surface area contributed by atoms with Crippen LogP contribution in [0.15, 0.2) is 36.4 Å². The lowest BCUT2D eigenvalue weighted by Crippen LogP contribution is -2.10. The number of nitrogens with zero attached hydrogens (tertiary/aromatic N) is 1. The molecule has 0 radical (unpaired) electrons. The van der Waals surface area contributed by atoms with E-state index in [1.54, 1.807) is 13.2 Å². The van der Waals surface area contributed by atoms with Crippen molar-refractivity contribution in [2.75, 3.05) is 7.11 Å². The highest BCUT2D eigenvalue weighted by molar-refractivity contribution is 7.80. The number of aromatic nitrogens is 1. The van der Waals surface area contributed by atoms with Crippen molar-refractivity contribution < 1.29 is 9.47 Å². The van der Waals surface area contributed by atoms with E-state index in [9.17, 15) is 0 Å². The molecule has 0 fully saturated rings. The lowest BCUT2D eigenvalue weighted by atomic mass is 10.2. The summed E-state index contributed by atoms with van der Waals surface area (Å²) in [7, 11) is 1.62. The molecular weight excluding hydrogens is 260 g/mol. The van der Waals surface area contributed by atoms with E-state index in [-0.39, 0.29) is 0 Å². The largest absolute Gasteiger partial charge is 0.497 e. The number of pyridine rings is 1. The van der Waals surface area contributed by atoms with Crippen LogP contribution in [-0.2, 0) is 0 Å². The van der Waals surface area contributed by atoms with Crippen molar-refractivity contribution in [1.82, 2.24) is 4.98 Å². The highest BCUT2D eigenvalue weighted by Crippen LogP contribution is 2.23. The number of hydrogen-bond acceptors (Lipinski definition) is 4. The summed E-state index contributed by atoms with van der Waals surface area (Å²) in [4.78, 5) is 4.61. The monoisotopic (exact) mass is 274 g/mol. The summed E-state index contributed by atoms with van der Waals surface area (Å²) in [6, 6.07) is 10.8. The van der Waals surface area contributed by atoms with Crippen molar-refractivity contribution in [3.63, 3.8) is 0 Å². The SMILES string of the molecule is COc1ccc(Oc2cc(C(N)=S)cc(C)n2)cc1. The van der Waals surface area contributed by atoms with E-state index in [1.807, 2.05) is 37.3 Å². The number of rotatable bonds is 4. The summed E-state index contributed by atoms with van der Waals surface area (Å²) in [5, 5.41) is 0. The van der Waals surface area contributed by atoms with Crippen molar-refractivity contribution in [3.05, 3.63) is 47.7 Å². The van der Waals surface area contributed by atoms with Crippen molar-refractivity contribution in [2.45, 2.75) is 6.92 Å². The molecule has 2 N–H and O–H groups in total. The highest BCUT2D eigenvalue weighted by atomic mass is 32.1. The normalized spacial score (nSPS) is 10.0. The second-order valence-electron chi connectivity index (χ2n) is 3.98. The Morgan fingerprint density at radius 1 is 1.16 bits per heavy atom. The average molecular weight is 274 g/mol. The molecule has 0 bridgehead atoms. The van der Waals surface area contributed by atoms with E-state index >= 15 is 0 Å². The topological polar surface area (TPSA) is 57.4 Å². The van der Waals surface area contributed by atoms with E-state index in [2.05, 4.69) is 4.98 Å². The van der Waals surface area contributed by atoms with Crippen LogP contribution in [0.5, 0.6) is 17.4 Å². The maximum Gasteiger partial charge on any atom is 0.220 e. The first-order chi connectivity index (χ1) is 9.08. The number of thiocarbonyl (C=S) groups is 1. The van der Waals surface area contributed by atoms with Gasteiger partial charge in [-0.2, -0.15) is 0 Å². The summed E-state index contributed by atoms with van der Waals surface area (Å²) >= 11 is 4.96. The van der Waals surface area contributed by atoms with Crippen LogP contribution in [0.1, 0.15) is 11.3 Å². The summed E-state index contributed by atoms with van der Waals surface area (Å²) in [5.41, 5.74) is 7.16. The van der Waals surface area contributed by atoms with Gasteiger partial charge in [-0.1, -0.05) is 12.2 Å². The lowest BCUT2D eigenvalue weighted by Gasteiger charge is -2.08. The van der Waals surface area contributed by atoms with Gasteiger partial charge in [0.1, 0.15) is 16.5 Å². The Hall–Kier alpha value is -2.14. The molecule has 98 valence electrons. The molecule has 0 saturated heterocycles. The van der Waals surface area contributed by atoms with Crippen LogP contribution in [-0.4, -0.2) is 17.1 Å². The summed E-state index contributed by atoms with van der Waals surface area (Å²) in [6.45, 7) is 1.86. The smallest absolute Gasteiger partial charge is 0.220 e. The maximum atomic E-state index is 5.67. The molecular formula is C14H14N2O2S. The number of nitrogens with two attached hydrogens (primary N) is 1. The van der Waals surface area contributed by atoms with Crippen LogP contribution in [0.25, 0.3) is 0 Å². The Labute approximate surface area is 117 Å². The molecule has 2 rings (SSSR count). The first-order valence-electron chi connectivity index (χ1n) is 5.69. The van der Waals surface area contributed by atoms with E-state index in [0.717, 1.165) is 17.0 Å². The number of methoxy groups -OCH3 is 1. The van der Waals surface area contributed by atoms with Gasteiger partial charge in [-0.05, 0) is 37.3 Å². The van der Waals surface area contributed by atoms with Crippen LogP contribution >= 0.6 is 12.2 Å². The molecule has 0 aliphatic heterocycles. The number of ether oxygens (including phenoxy) is 2. The molecule has 1 heterocycles. The molecule has 4 nitrogen and oxygen atoms in total. The molecule has 5 heteroatoms.